The van der Waals surface area contributed by atoms with Gasteiger partial charge < -0.3 is 15.5 Å². The smallest absolute Gasteiger partial charge is 0.141 e. The van der Waals surface area contributed by atoms with Gasteiger partial charge in [0.1, 0.15) is 5.78 Å². The van der Waals surface area contributed by atoms with Gasteiger partial charge in [-0.15, -0.1) is 0 Å². The molecule has 0 aromatic rings. The standard InChI is InChI=1S/C20H33NO3/c1-18-8-6-12(22)11-20(18,21-3)9-7-13-14-4-5-16(23)19(14,2)17(24)10-15(13)18/h12-15,17,21-22,24H,4-11H2,1-3H3/t12-,13-,14-,15-,17+,18+,19-,20+/m0/s1. The lowest BCUT2D eigenvalue weighted by molar-refractivity contribution is -0.179. The highest BCUT2D eigenvalue weighted by molar-refractivity contribution is 5.87. The van der Waals surface area contributed by atoms with Gasteiger partial charge in [-0.2, -0.15) is 0 Å². The van der Waals surface area contributed by atoms with Crippen LogP contribution in [0.25, 0.3) is 0 Å². The largest absolute Gasteiger partial charge is 0.393 e. The SMILES string of the molecule is CN[C@@]12CC[C@H]3[C@@H]4CCC(=O)[C@@]4(C)[C@H](O)C[C@@H]3[C@@]1(C)CC[C@H](O)C2. The minimum atomic E-state index is -0.509. The molecular weight excluding hydrogens is 302 g/mol. The number of hydrogen-bond donors (Lipinski definition) is 3. The normalized spacial score (nSPS) is 57.2. The van der Waals surface area contributed by atoms with Crippen LogP contribution in [0, 0.1) is 28.6 Å². The number of nitrogens with one attached hydrogen (secondary N) is 1. The van der Waals surface area contributed by atoms with Crippen molar-refractivity contribution < 1.29 is 15.0 Å². The fourth-order valence-corrected chi connectivity index (χ4v) is 7.53. The molecule has 4 aliphatic carbocycles. The van der Waals surface area contributed by atoms with Crippen molar-refractivity contribution in [3.63, 3.8) is 0 Å². The van der Waals surface area contributed by atoms with E-state index in [9.17, 15) is 15.0 Å². The van der Waals surface area contributed by atoms with Crippen molar-refractivity contribution in [1.29, 1.82) is 0 Å². The van der Waals surface area contributed by atoms with E-state index in [-0.39, 0.29) is 22.8 Å². The Morgan fingerprint density at radius 2 is 1.83 bits per heavy atom. The van der Waals surface area contributed by atoms with Gasteiger partial charge in [-0.05, 0) is 82.1 Å². The molecule has 0 radical (unpaired) electrons. The molecular formula is C20H33NO3. The molecule has 3 N–H and O–H groups in total. The molecule has 0 spiro atoms. The first-order valence-electron chi connectivity index (χ1n) is 9.87. The quantitative estimate of drug-likeness (QED) is 0.687. The van der Waals surface area contributed by atoms with Crippen LogP contribution < -0.4 is 5.32 Å². The Balaban J connectivity index is 1.73. The summed E-state index contributed by atoms with van der Waals surface area (Å²) in [6.07, 6.45) is 6.53. The van der Waals surface area contributed by atoms with E-state index < -0.39 is 11.5 Å². The molecule has 24 heavy (non-hydrogen) atoms. The van der Waals surface area contributed by atoms with Gasteiger partial charge in [0.05, 0.1) is 17.6 Å². The average Bonchev–Trinajstić information content (AvgIpc) is 2.86. The highest BCUT2D eigenvalue weighted by atomic mass is 16.3. The third kappa shape index (κ3) is 1.88. The second-order valence-corrected chi connectivity index (χ2v) is 9.56. The summed E-state index contributed by atoms with van der Waals surface area (Å²) in [6.45, 7) is 4.42. The predicted molar refractivity (Wildman–Crippen MR) is 92.4 cm³/mol. The van der Waals surface area contributed by atoms with Crippen LogP contribution >= 0.6 is 0 Å². The summed E-state index contributed by atoms with van der Waals surface area (Å²) < 4.78 is 0. The molecule has 0 amide bonds. The van der Waals surface area contributed by atoms with E-state index in [2.05, 4.69) is 12.2 Å². The summed E-state index contributed by atoms with van der Waals surface area (Å²) in [4.78, 5) is 12.5. The Kier molecular flexibility index (Phi) is 3.73. The van der Waals surface area contributed by atoms with Gasteiger partial charge in [0.15, 0.2) is 0 Å². The molecule has 4 rings (SSSR count). The van der Waals surface area contributed by atoms with E-state index in [4.69, 9.17) is 0 Å². The first-order valence-corrected chi connectivity index (χ1v) is 9.87. The Morgan fingerprint density at radius 1 is 1.08 bits per heavy atom. The zero-order valence-corrected chi connectivity index (χ0v) is 15.3. The molecule has 4 heteroatoms. The maximum absolute atomic E-state index is 12.5. The number of ketones is 1. The number of fused-ring (bicyclic) bond motifs is 5. The van der Waals surface area contributed by atoms with Gasteiger partial charge in [-0.3, -0.25) is 4.79 Å². The van der Waals surface area contributed by atoms with Crippen molar-refractivity contribution in [2.45, 2.75) is 83.0 Å². The molecule has 0 aromatic heterocycles. The molecule has 0 unspecified atom stereocenters. The fraction of sp³-hybridized carbons (Fsp3) is 0.950. The van der Waals surface area contributed by atoms with E-state index in [0.29, 0.717) is 24.2 Å². The second-order valence-electron chi connectivity index (χ2n) is 9.56. The zero-order chi connectivity index (χ0) is 17.3. The molecule has 0 saturated heterocycles. The Labute approximate surface area is 145 Å². The number of Topliss-reactive ketones (excluding diaryl/α,β-unsaturated/α-hetero) is 1. The summed E-state index contributed by atoms with van der Waals surface area (Å²) in [5, 5.41) is 24.9. The summed E-state index contributed by atoms with van der Waals surface area (Å²) in [5.41, 5.74) is -0.439. The third-order valence-corrected chi connectivity index (χ3v) is 9.13. The highest BCUT2D eigenvalue weighted by Gasteiger charge is 2.66. The summed E-state index contributed by atoms with van der Waals surface area (Å²) in [5.74, 6) is 1.63. The van der Waals surface area contributed by atoms with E-state index in [0.717, 1.165) is 44.9 Å². The van der Waals surface area contributed by atoms with Crippen LogP contribution in [-0.4, -0.2) is 40.8 Å². The number of aliphatic hydroxyl groups is 2. The molecule has 0 heterocycles. The predicted octanol–water partition coefficient (Wildman–Crippen LogP) is 2.27. The van der Waals surface area contributed by atoms with Gasteiger partial charge in [0, 0.05) is 12.0 Å². The highest BCUT2D eigenvalue weighted by Crippen LogP contribution is 2.66. The van der Waals surface area contributed by atoms with Gasteiger partial charge in [0.25, 0.3) is 0 Å². The Bertz CT molecular complexity index is 551. The monoisotopic (exact) mass is 335 g/mol. The van der Waals surface area contributed by atoms with Crippen LogP contribution in [0.15, 0.2) is 0 Å². The van der Waals surface area contributed by atoms with Gasteiger partial charge in [0.2, 0.25) is 0 Å². The second kappa shape index (κ2) is 5.28. The summed E-state index contributed by atoms with van der Waals surface area (Å²) in [7, 11) is 2.04. The van der Waals surface area contributed by atoms with Crippen molar-refractivity contribution in [1.82, 2.24) is 5.32 Å². The lowest BCUT2D eigenvalue weighted by atomic mass is 9.42. The Hall–Kier alpha value is -0.450. The molecule has 0 aromatic carbocycles. The molecule has 4 nitrogen and oxygen atoms in total. The Morgan fingerprint density at radius 3 is 2.54 bits per heavy atom. The van der Waals surface area contributed by atoms with E-state index in [1.807, 2.05) is 14.0 Å². The minimum absolute atomic E-state index is 0.0259. The van der Waals surface area contributed by atoms with Crippen molar-refractivity contribution in [2.24, 2.45) is 28.6 Å². The van der Waals surface area contributed by atoms with E-state index in [1.54, 1.807) is 0 Å². The van der Waals surface area contributed by atoms with Crippen molar-refractivity contribution in [2.75, 3.05) is 7.05 Å². The molecule has 0 bridgehead atoms. The lowest BCUT2D eigenvalue weighted by Gasteiger charge is -2.66. The van der Waals surface area contributed by atoms with Gasteiger partial charge in [-0.1, -0.05) is 6.92 Å². The van der Waals surface area contributed by atoms with Crippen LogP contribution in [0.3, 0.4) is 0 Å². The molecule has 4 fully saturated rings. The topological polar surface area (TPSA) is 69.6 Å². The lowest BCUT2D eigenvalue weighted by Crippen LogP contribution is -2.69. The van der Waals surface area contributed by atoms with E-state index in [1.165, 1.54) is 0 Å². The van der Waals surface area contributed by atoms with Crippen LogP contribution in [0.2, 0.25) is 0 Å². The van der Waals surface area contributed by atoms with Crippen molar-refractivity contribution >= 4 is 5.78 Å². The van der Waals surface area contributed by atoms with Crippen LogP contribution in [0.1, 0.15) is 65.2 Å². The number of rotatable bonds is 1. The molecule has 136 valence electrons. The number of aliphatic hydroxyl groups excluding tert-OH is 2. The molecule has 0 aliphatic heterocycles. The molecule has 4 saturated carbocycles. The van der Waals surface area contributed by atoms with Crippen LogP contribution in [0.5, 0.6) is 0 Å². The van der Waals surface area contributed by atoms with Gasteiger partial charge in [-0.25, -0.2) is 0 Å². The number of hydrogen-bond acceptors (Lipinski definition) is 4. The van der Waals surface area contributed by atoms with Crippen molar-refractivity contribution in [3.8, 4) is 0 Å². The average molecular weight is 335 g/mol. The molecule has 4 aliphatic rings. The number of carbonyl (C=O) groups excluding carboxylic acids is 1. The van der Waals surface area contributed by atoms with Gasteiger partial charge >= 0.3 is 0 Å². The maximum atomic E-state index is 12.5. The van der Waals surface area contributed by atoms with Crippen LogP contribution in [-0.2, 0) is 4.79 Å². The third-order valence-electron chi connectivity index (χ3n) is 9.13. The maximum Gasteiger partial charge on any atom is 0.141 e. The molecule has 8 atom stereocenters. The summed E-state index contributed by atoms with van der Waals surface area (Å²) >= 11 is 0. The summed E-state index contributed by atoms with van der Waals surface area (Å²) in [6, 6.07) is 0. The number of carbonyl (C=O) groups is 1. The van der Waals surface area contributed by atoms with Crippen LogP contribution in [0.4, 0.5) is 0 Å². The first-order chi connectivity index (χ1) is 11.3. The zero-order valence-electron chi connectivity index (χ0n) is 15.3. The van der Waals surface area contributed by atoms with Crippen molar-refractivity contribution in [3.05, 3.63) is 0 Å². The fourth-order valence-electron chi connectivity index (χ4n) is 7.53. The first kappa shape index (κ1) is 17.0. The van der Waals surface area contributed by atoms with E-state index >= 15 is 0 Å². The minimum Gasteiger partial charge on any atom is -0.393 e.